The third-order valence-corrected chi connectivity index (χ3v) is 4.24. The van der Waals surface area contributed by atoms with Gasteiger partial charge in [-0.15, -0.1) is 0 Å². The van der Waals surface area contributed by atoms with Crippen molar-refractivity contribution in [2.75, 3.05) is 26.0 Å². The largest absolute Gasteiger partial charge is 0.378 e. The first-order chi connectivity index (χ1) is 13.0. The first-order valence-corrected chi connectivity index (χ1v) is 8.71. The highest BCUT2D eigenvalue weighted by atomic mass is 16.2. The van der Waals surface area contributed by atoms with Crippen LogP contribution in [0.25, 0.3) is 5.82 Å². The summed E-state index contributed by atoms with van der Waals surface area (Å²) in [5.74, 6) is 0.792. The number of rotatable bonds is 6. The van der Waals surface area contributed by atoms with Crippen LogP contribution in [0.5, 0.6) is 0 Å². The minimum Gasteiger partial charge on any atom is -0.378 e. The Hall–Kier alpha value is -3.35. The summed E-state index contributed by atoms with van der Waals surface area (Å²) in [5.41, 5.74) is 3.16. The van der Waals surface area contributed by atoms with Crippen LogP contribution in [0.4, 0.5) is 10.5 Å². The second-order valence-electron chi connectivity index (χ2n) is 6.57. The van der Waals surface area contributed by atoms with Gasteiger partial charge < -0.3 is 15.1 Å². The topological polar surface area (TPSA) is 66.3 Å². The fourth-order valence-corrected chi connectivity index (χ4v) is 2.63. The lowest BCUT2D eigenvalue weighted by molar-refractivity contribution is 0.206. The van der Waals surface area contributed by atoms with Gasteiger partial charge in [-0.25, -0.2) is 14.8 Å². The SMILES string of the molecule is CN(Cc1ccc(N(C)C)cc1)C(=O)NCc1ccc(-n2ccnc2)nc1. The van der Waals surface area contributed by atoms with Gasteiger partial charge in [-0.2, -0.15) is 0 Å². The van der Waals surface area contributed by atoms with Crippen LogP contribution in [0.2, 0.25) is 0 Å². The maximum absolute atomic E-state index is 12.3. The van der Waals surface area contributed by atoms with Crippen molar-refractivity contribution in [1.29, 1.82) is 0 Å². The van der Waals surface area contributed by atoms with Crippen LogP contribution >= 0.6 is 0 Å². The van der Waals surface area contributed by atoms with E-state index in [-0.39, 0.29) is 6.03 Å². The van der Waals surface area contributed by atoms with Crippen molar-refractivity contribution >= 4 is 11.7 Å². The van der Waals surface area contributed by atoms with Gasteiger partial charge in [-0.05, 0) is 29.3 Å². The molecule has 3 rings (SSSR count). The molecule has 0 aliphatic carbocycles. The summed E-state index contributed by atoms with van der Waals surface area (Å²) in [4.78, 5) is 24.4. The van der Waals surface area contributed by atoms with Gasteiger partial charge in [0.25, 0.3) is 0 Å². The van der Waals surface area contributed by atoms with Crippen LogP contribution in [-0.4, -0.2) is 46.6 Å². The van der Waals surface area contributed by atoms with Crippen LogP contribution in [0.3, 0.4) is 0 Å². The maximum Gasteiger partial charge on any atom is 0.317 e. The Bertz CT molecular complexity index is 857. The first kappa shape index (κ1) is 18.4. The summed E-state index contributed by atoms with van der Waals surface area (Å²) in [5, 5.41) is 2.92. The molecule has 7 heteroatoms. The molecule has 0 saturated heterocycles. The van der Waals surface area contributed by atoms with Gasteiger partial charge in [0.1, 0.15) is 12.1 Å². The standard InChI is InChI=1S/C20H24N6O/c1-24(2)18-7-4-16(5-8-18)14-25(3)20(27)23-13-17-6-9-19(22-12-17)26-11-10-21-15-26/h4-12,15H,13-14H2,1-3H3,(H,23,27). The zero-order valence-electron chi connectivity index (χ0n) is 15.8. The number of nitrogens with one attached hydrogen (secondary N) is 1. The molecule has 0 saturated carbocycles. The van der Waals surface area contributed by atoms with E-state index in [0.717, 1.165) is 22.6 Å². The summed E-state index contributed by atoms with van der Waals surface area (Å²) < 4.78 is 1.83. The number of carbonyl (C=O) groups is 1. The first-order valence-electron chi connectivity index (χ1n) is 8.71. The zero-order chi connectivity index (χ0) is 19.2. The minimum absolute atomic E-state index is 0.120. The molecule has 2 aromatic heterocycles. The Balaban J connectivity index is 1.51. The predicted octanol–water partition coefficient (Wildman–Crippen LogP) is 2.67. The van der Waals surface area contributed by atoms with Crippen molar-refractivity contribution < 1.29 is 4.79 Å². The average molecular weight is 364 g/mol. The molecule has 2 heterocycles. The molecule has 0 bridgehead atoms. The van der Waals surface area contributed by atoms with E-state index in [4.69, 9.17) is 0 Å². The number of hydrogen-bond acceptors (Lipinski definition) is 4. The van der Waals surface area contributed by atoms with E-state index >= 15 is 0 Å². The van der Waals surface area contributed by atoms with Gasteiger partial charge in [-0.3, -0.25) is 4.57 Å². The molecular weight excluding hydrogens is 340 g/mol. The predicted molar refractivity (Wildman–Crippen MR) is 106 cm³/mol. The Kier molecular flexibility index (Phi) is 5.71. The summed E-state index contributed by atoms with van der Waals surface area (Å²) in [6.45, 7) is 0.983. The van der Waals surface area contributed by atoms with Crippen molar-refractivity contribution in [3.8, 4) is 5.82 Å². The summed E-state index contributed by atoms with van der Waals surface area (Å²) in [7, 11) is 5.80. The number of carbonyl (C=O) groups excluding carboxylic acids is 1. The van der Waals surface area contributed by atoms with Crippen LogP contribution in [-0.2, 0) is 13.1 Å². The maximum atomic E-state index is 12.3. The molecule has 0 spiro atoms. The van der Waals surface area contributed by atoms with Crippen molar-refractivity contribution in [1.82, 2.24) is 24.8 Å². The van der Waals surface area contributed by atoms with Crippen LogP contribution in [0.1, 0.15) is 11.1 Å². The molecule has 0 aliphatic heterocycles. The van der Waals surface area contributed by atoms with Crippen molar-refractivity contribution in [3.63, 3.8) is 0 Å². The van der Waals surface area contributed by atoms with E-state index in [1.807, 2.05) is 54.0 Å². The lowest BCUT2D eigenvalue weighted by atomic mass is 10.2. The monoisotopic (exact) mass is 364 g/mol. The molecule has 27 heavy (non-hydrogen) atoms. The highest BCUT2D eigenvalue weighted by Gasteiger charge is 2.09. The van der Waals surface area contributed by atoms with E-state index in [9.17, 15) is 4.79 Å². The van der Waals surface area contributed by atoms with Gasteiger partial charge in [0.05, 0.1) is 0 Å². The van der Waals surface area contributed by atoms with E-state index in [2.05, 4.69) is 27.4 Å². The van der Waals surface area contributed by atoms with Crippen molar-refractivity contribution in [2.45, 2.75) is 13.1 Å². The van der Waals surface area contributed by atoms with E-state index in [1.54, 1.807) is 30.7 Å². The Morgan fingerprint density at radius 3 is 2.41 bits per heavy atom. The van der Waals surface area contributed by atoms with Gasteiger partial charge in [0.2, 0.25) is 0 Å². The van der Waals surface area contributed by atoms with Crippen LogP contribution < -0.4 is 10.2 Å². The number of hydrogen-bond donors (Lipinski definition) is 1. The quantitative estimate of drug-likeness (QED) is 0.730. The number of urea groups is 1. The highest BCUT2D eigenvalue weighted by Crippen LogP contribution is 2.13. The minimum atomic E-state index is -0.120. The molecule has 1 N–H and O–H groups in total. The molecule has 3 aromatic rings. The molecule has 0 unspecified atom stereocenters. The molecular formula is C20H24N6O. The number of aromatic nitrogens is 3. The second-order valence-corrected chi connectivity index (χ2v) is 6.57. The number of nitrogens with zero attached hydrogens (tertiary/aromatic N) is 5. The second kappa shape index (κ2) is 8.35. The van der Waals surface area contributed by atoms with E-state index in [1.165, 1.54) is 0 Å². The Morgan fingerprint density at radius 1 is 1.07 bits per heavy atom. The fraction of sp³-hybridized carbons (Fsp3) is 0.250. The van der Waals surface area contributed by atoms with Gasteiger partial charge in [0.15, 0.2) is 0 Å². The summed E-state index contributed by atoms with van der Waals surface area (Å²) >= 11 is 0. The Morgan fingerprint density at radius 2 is 1.81 bits per heavy atom. The number of imidazole rings is 1. The lowest BCUT2D eigenvalue weighted by Crippen LogP contribution is -2.36. The highest BCUT2D eigenvalue weighted by molar-refractivity contribution is 5.73. The van der Waals surface area contributed by atoms with E-state index < -0.39 is 0 Å². The molecule has 0 fully saturated rings. The zero-order valence-corrected chi connectivity index (χ0v) is 15.8. The molecule has 0 radical (unpaired) electrons. The van der Waals surface area contributed by atoms with Gasteiger partial charge in [-0.1, -0.05) is 18.2 Å². The van der Waals surface area contributed by atoms with Crippen LogP contribution in [0.15, 0.2) is 61.3 Å². The van der Waals surface area contributed by atoms with Gasteiger partial charge in [0, 0.05) is 58.5 Å². The lowest BCUT2D eigenvalue weighted by Gasteiger charge is -2.19. The summed E-state index contributed by atoms with van der Waals surface area (Å²) in [6.07, 6.45) is 7.00. The number of amides is 2. The molecule has 0 aliphatic rings. The molecule has 1 aromatic carbocycles. The molecule has 2 amide bonds. The third-order valence-electron chi connectivity index (χ3n) is 4.24. The smallest absolute Gasteiger partial charge is 0.317 e. The van der Waals surface area contributed by atoms with Crippen molar-refractivity contribution in [3.05, 3.63) is 72.4 Å². The number of anilines is 1. The Labute approximate surface area is 159 Å². The van der Waals surface area contributed by atoms with Crippen molar-refractivity contribution in [2.24, 2.45) is 0 Å². The fourth-order valence-electron chi connectivity index (χ4n) is 2.63. The molecule has 0 atom stereocenters. The van der Waals surface area contributed by atoms with E-state index in [0.29, 0.717) is 13.1 Å². The molecule has 7 nitrogen and oxygen atoms in total. The normalized spacial score (nSPS) is 10.5. The third kappa shape index (κ3) is 4.84. The van der Waals surface area contributed by atoms with Gasteiger partial charge >= 0.3 is 6.03 Å². The summed E-state index contributed by atoms with van der Waals surface area (Å²) in [6, 6.07) is 11.9. The number of benzene rings is 1. The number of pyridine rings is 1. The average Bonchev–Trinajstić information content (AvgIpc) is 3.21. The molecule has 140 valence electrons. The van der Waals surface area contributed by atoms with Crippen LogP contribution in [0, 0.1) is 0 Å².